The Labute approximate surface area is 156 Å². The number of rotatable bonds is 4. The van der Waals surface area contributed by atoms with Crippen molar-refractivity contribution in [1.82, 2.24) is 9.55 Å². The fourth-order valence-corrected chi connectivity index (χ4v) is 4.56. The first kappa shape index (κ1) is 16.9. The summed E-state index contributed by atoms with van der Waals surface area (Å²) in [4.78, 5) is 17.9. The van der Waals surface area contributed by atoms with Gasteiger partial charge in [0.1, 0.15) is 0 Å². The molecule has 0 N–H and O–H groups in total. The van der Waals surface area contributed by atoms with Crippen molar-refractivity contribution < 1.29 is 0 Å². The minimum Gasteiger partial charge on any atom is -0.284 e. The van der Waals surface area contributed by atoms with Gasteiger partial charge < -0.3 is 0 Å². The number of benzene rings is 2. The summed E-state index contributed by atoms with van der Waals surface area (Å²) in [6.45, 7) is 0. The zero-order chi connectivity index (χ0) is 17.9. The molecule has 26 heavy (non-hydrogen) atoms. The van der Waals surface area contributed by atoms with E-state index in [0.29, 0.717) is 10.9 Å². The summed E-state index contributed by atoms with van der Waals surface area (Å²) < 4.78 is 1.92. The Kier molecular flexibility index (Phi) is 4.77. The fourth-order valence-electron chi connectivity index (χ4n) is 3.54. The van der Waals surface area contributed by atoms with Crippen LogP contribution >= 0.6 is 11.8 Å². The molecular weight excluding hydrogens is 342 g/mol. The minimum atomic E-state index is 0.0739. The van der Waals surface area contributed by atoms with Crippen LogP contribution in [0.25, 0.3) is 10.9 Å². The SMILES string of the molecule is N#Cc1ccc(CSc2nc3ccccc3c(=O)n2C2CCCC2)cc1. The number of hydrogen-bond donors (Lipinski definition) is 0. The lowest BCUT2D eigenvalue weighted by atomic mass is 10.2. The van der Waals surface area contributed by atoms with Gasteiger partial charge in [-0.2, -0.15) is 5.26 Å². The van der Waals surface area contributed by atoms with Gasteiger partial charge in [-0.15, -0.1) is 0 Å². The Morgan fingerprint density at radius 1 is 1.12 bits per heavy atom. The first-order chi connectivity index (χ1) is 12.8. The summed E-state index contributed by atoms with van der Waals surface area (Å²) in [7, 11) is 0. The summed E-state index contributed by atoms with van der Waals surface area (Å²) in [6, 6.07) is 17.6. The van der Waals surface area contributed by atoms with Gasteiger partial charge >= 0.3 is 0 Å². The van der Waals surface area contributed by atoms with Gasteiger partial charge in [-0.1, -0.05) is 48.9 Å². The zero-order valence-corrected chi connectivity index (χ0v) is 15.2. The van der Waals surface area contributed by atoms with E-state index in [1.54, 1.807) is 11.8 Å². The average molecular weight is 361 g/mol. The molecule has 0 amide bonds. The molecule has 1 aliphatic rings. The van der Waals surface area contributed by atoms with E-state index in [1.807, 2.05) is 53.1 Å². The van der Waals surface area contributed by atoms with Gasteiger partial charge in [0, 0.05) is 11.8 Å². The van der Waals surface area contributed by atoms with E-state index < -0.39 is 0 Å². The molecule has 0 bridgehead atoms. The van der Waals surface area contributed by atoms with Crippen molar-refractivity contribution in [1.29, 1.82) is 5.26 Å². The summed E-state index contributed by atoms with van der Waals surface area (Å²) in [5.74, 6) is 0.725. The second-order valence-corrected chi connectivity index (χ2v) is 7.56. The predicted molar refractivity (Wildman–Crippen MR) is 104 cm³/mol. The zero-order valence-electron chi connectivity index (χ0n) is 14.4. The molecule has 1 saturated carbocycles. The van der Waals surface area contributed by atoms with Gasteiger partial charge in [0.15, 0.2) is 5.16 Å². The van der Waals surface area contributed by atoms with Gasteiger partial charge in [-0.25, -0.2) is 4.98 Å². The predicted octanol–water partition coefficient (Wildman–Crippen LogP) is 4.68. The minimum absolute atomic E-state index is 0.0739. The van der Waals surface area contributed by atoms with E-state index in [1.165, 1.54) is 12.8 Å². The molecule has 0 unspecified atom stereocenters. The largest absolute Gasteiger partial charge is 0.284 e. The second kappa shape index (κ2) is 7.35. The van der Waals surface area contributed by atoms with Crippen molar-refractivity contribution in [3.05, 3.63) is 70.0 Å². The van der Waals surface area contributed by atoms with Crippen LogP contribution in [-0.4, -0.2) is 9.55 Å². The third-order valence-electron chi connectivity index (χ3n) is 4.92. The highest BCUT2D eigenvalue weighted by molar-refractivity contribution is 7.98. The molecule has 0 radical (unpaired) electrons. The van der Waals surface area contributed by atoms with Crippen LogP contribution in [0.1, 0.15) is 42.9 Å². The highest BCUT2D eigenvalue weighted by Crippen LogP contribution is 2.33. The smallest absolute Gasteiger partial charge is 0.262 e. The molecule has 1 aromatic heterocycles. The number of nitriles is 1. The molecule has 1 heterocycles. The van der Waals surface area contributed by atoms with Crippen molar-refractivity contribution in [2.24, 2.45) is 0 Å². The Balaban J connectivity index is 1.71. The number of fused-ring (bicyclic) bond motifs is 1. The Bertz CT molecular complexity index is 1030. The Hall–Kier alpha value is -2.58. The van der Waals surface area contributed by atoms with E-state index >= 15 is 0 Å². The van der Waals surface area contributed by atoms with Crippen LogP contribution in [0.3, 0.4) is 0 Å². The summed E-state index contributed by atoms with van der Waals surface area (Å²) in [5, 5.41) is 10.4. The molecule has 130 valence electrons. The van der Waals surface area contributed by atoms with Crippen molar-refractivity contribution in [3.63, 3.8) is 0 Å². The van der Waals surface area contributed by atoms with Crippen molar-refractivity contribution >= 4 is 22.7 Å². The van der Waals surface area contributed by atoms with Gasteiger partial charge in [-0.05, 0) is 42.7 Å². The van der Waals surface area contributed by atoms with Crippen LogP contribution in [0.5, 0.6) is 0 Å². The number of aromatic nitrogens is 2. The summed E-state index contributed by atoms with van der Waals surface area (Å²) in [6.07, 6.45) is 4.43. The molecular formula is C21H19N3OS. The normalized spacial score (nSPS) is 14.6. The molecule has 2 aromatic carbocycles. The lowest BCUT2D eigenvalue weighted by Crippen LogP contribution is -2.26. The first-order valence-electron chi connectivity index (χ1n) is 8.89. The van der Waals surface area contributed by atoms with Crippen LogP contribution < -0.4 is 5.56 Å². The number of hydrogen-bond acceptors (Lipinski definition) is 4. The standard InChI is InChI=1S/C21H19N3OS/c22-13-15-9-11-16(12-10-15)14-26-21-23-19-8-4-3-7-18(19)20(25)24(21)17-5-1-2-6-17/h3-4,7-12,17H,1-2,5-6,14H2. The second-order valence-electron chi connectivity index (χ2n) is 6.62. The quantitative estimate of drug-likeness (QED) is 0.500. The molecule has 0 saturated heterocycles. The van der Waals surface area contributed by atoms with E-state index in [9.17, 15) is 4.79 Å². The maximum atomic E-state index is 13.1. The van der Waals surface area contributed by atoms with Gasteiger partial charge in [0.2, 0.25) is 0 Å². The van der Waals surface area contributed by atoms with Crippen molar-refractivity contribution in [2.45, 2.75) is 42.6 Å². The summed E-state index contributed by atoms with van der Waals surface area (Å²) in [5.41, 5.74) is 2.61. The van der Waals surface area contributed by atoms with Gasteiger partial charge in [0.25, 0.3) is 5.56 Å². The van der Waals surface area contributed by atoms with Crippen LogP contribution in [0, 0.1) is 11.3 Å². The van der Waals surface area contributed by atoms with Crippen molar-refractivity contribution in [3.8, 4) is 6.07 Å². The Morgan fingerprint density at radius 2 is 1.85 bits per heavy atom. The lowest BCUT2D eigenvalue weighted by Gasteiger charge is -2.18. The highest BCUT2D eigenvalue weighted by atomic mass is 32.2. The number of thioether (sulfide) groups is 1. The van der Waals surface area contributed by atoms with Crippen LogP contribution in [0.4, 0.5) is 0 Å². The molecule has 0 spiro atoms. The molecule has 3 aromatic rings. The topological polar surface area (TPSA) is 58.7 Å². The fraction of sp³-hybridized carbons (Fsp3) is 0.286. The van der Waals surface area contributed by atoms with E-state index in [-0.39, 0.29) is 11.6 Å². The first-order valence-corrected chi connectivity index (χ1v) is 9.88. The molecule has 1 fully saturated rings. The maximum Gasteiger partial charge on any atom is 0.262 e. The average Bonchev–Trinajstić information content (AvgIpc) is 3.21. The molecule has 5 heteroatoms. The van der Waals surface area contributed by atoms with Crippen LogP contribution in [-0.2, 0) is 5.75 Å². The number of nitrogens with zero attached hydrogens (tertiary/aromatic N) is 3. The Morgan fingerprint density at radius 3 is 2.58 bits per heavy atom. The molecule has 4 nitrogen and oxygen atoms in total. The third kappa shape index (κ3) is 3.25. The molecule has 4 rings (SSSR count). The highest BCUT2D eigenvalue weighted by Gasteiger charge is 2.22. The number of para-hydroxylation sites is 1. The molecule has 0 atom stereocenters. The van der Waals surface area contributed by atoms with Crippen LogP contribution in [0.15, 0.2) is 58.5 Å². The van der Waals surface area contributed by atoms with E-state index in [4.69, 9.17) is 10.2 Å². The third-order valence-corrected chi connectivity index (χ3v) is 5.94. The van der Waals surface area contributed by atoms with Gasteiger partial charge in [-0.3, -0.25) is 9.36 Å². The van der Waals surface area contributed by atoms with Crippen LogP contribution in [0.2, 0.25) is 0 Å². The lowest BCUT2D eigenvalue weighted by molar-refractivity contribution is 0.457. The monoisotopic (exact) mass is 361 g/mol. The van der Waals surface area contributed by atoms with Crippen molar-refractivity contribution in [2.75, 3.05) is 0 Å². The maximum absolute atomic E-state index is 13.1. The van der Waals surface area contributed by atoms with E-state index in [2.05, 4.69) is 6.07 Å². The molecule has 1 aliphatic carbocycles. The summed E-state index contributed by atoms with van der Waals surface area (Å²) >= 11 is 1.60. The van der Waals surface area contributed by atoms with Gasteiger partial charge in [0.05, 0.1) is 22.5 Å². The molecule has 0 aliphatic heterocycles. The van der Waals surface area contributed by atoms with E-state index in [0.717, 1.165) is 34.8 Å².